The molecule has 0 aliphatic heterocycles. The van der Waals surface area contributed by atoms with Gasteiger partial charge in [-0.25, -0.2) is 0 Å². The van der Waals surface area contributed by atoms with Gasteiger partial charge >= 0.3 is 5.97 Å². The van der Waals surface area contributed by atoms with Gasteiger partial charge in [0.25, 0.3) is 0 Å². The molecular formula is C13H19ClN2O3. The number of carbonyl (C=O) groups is 2. The highest BCUT2D eigenvalue weighted by Gasteiger charge is 2.19. The number of anilines is 1. The summed E-state index contributed by atoms with van der Waals surface area (Å²) in [6, 6.07) is 6.76. The van der Waals surface area contributed by atoms with Gasteiger partial charge in [0, 0.05) is 5.69 Å². The predicted molar refractivity (Wildman–Crippen MR) is 76.8 cm³/mol. The maximum Gasteiger partial charge on any atom is 0.320 e. The molecule has 0 saturated heterocycles. The number of para-hydroxylation sites is 1. The second kappa shape index (κ2) is 7.76. The van der Waals surface area contributed by atoms with E-state index in [9.17, 15) is 9.59 Å². The Bertz CT molecular complexity index is 451. The first-order chi connectivity index (χ1) is 8.41. The minimum Gasteiger partial charge on any atom is -0.480 e. The van der Waals surface area contributed by atoms with Crippen molar-refractivity contribution in [2.24, 2.45) is 0 Å². The molecule has 0 saturated carbocycles. The second-order valence-corrected chi connectivity index (χ2v) is 4.29. The number of halogens is 1. The summed E-state index contributed by atoms with van der Waals surface area (Å²) in [7, 11) is 1.61. The Kier molecular flexibility index (Phi) is 7.11. The molecule has 0 heterocycles. The topological polar surface area (TPSA) is 69.6 Å². The van der Waals surface area contributed by atoms with E-state index >= 15 is 0 Å². The molecule has 0 radical (unpaired) electrons. The Morgan fingerprint density at radius 1 is 1.37 bits per heavy atom. The number of hydrogen-bond donors (Lipinski definition) is 2. The van der Waals surface area contributed by atoms with Crippen molar-refractivity contribution in [1.29, 1.82) is 0 Å². The molecule has 6 heteroatoms. The van der Waals surface area contributed by atoms with Gasteiger partial charge < -0.3 is 10.4 Å². The third-order valence-corrected chi connectivity index (χ3v) is 2.83. The number of nitrogens with zero attached hydrogens (tertiary/aromatic N) is 1. The van der Waals surface area contributed by atoms with Crippen molar-refractivity contribution in [3.63, 3.8) is 0 Å². The fourth-order valence-electron chi connectivity index (χ4n) is 1.45. The Hall–Kier alpha value is -1.59. The van der Waals surface area contributed by atoms with Crippen molar-refractivity contribution in [2.75, 3.05) is 18.9 Å². The average molecular weight is 287 g/mol. The highest BCUT2D eigenvalue weighted by atomic mass is 35.5. The first kappa shape index (κ1) is 17.4. The standard InChI is InChI=1S/C13H18N2O3.ClH/c1-9-6-4-5-7-11(9)14-12(16)8-15(3)10(2)13(17)18;/h4-7,10H,8H2,1-3H3,(H,14,16)(H,17,18);1H. The van der Waals surface area contributed by atoms with E-state index in [4.69, 9.17) is 5.11 Å². The van der Waals surface area contributed by atoms with Crippen LogP contribution in [0, 0.1) is 6.92 Å². The van der Waals surface area contributed by atoms with Gasteiger partial charge in [-0.2, -0.15) is 0 Å². The zero-order chi connectivity index (χ0) is 13.7. The minimum atomic E-state index is -0.943. The molecule has 0 aliphatic rings. The number of aryl methyl sites for hydroxylation is 1. The summed E-state index contributed by atoms with van der Waals surface area (Å²) in [6.07, 6.45) is 0. The van der Waals surface area contributed by atoms with Gasteiger partial charge in [0.2, 0.25) is 5.91 Å². The van der Waals surface area contributed by atoms with Crippen molar-refractivity contribution >= 4 is 30.0 Å². The third-order valence-electron chi connectivity index (χ3n) is 2.83. The molecule has 1 unspecified atom stereocenters. The average Bonchev–Trinajstić information content (AvgIpc) is 2.30. The number of carbonyl (C=O) groups excluding carboxylic acids is 1. The maximum absolute atomic E-state index is 11.8. The lowest BCUT2D eigenvalue weighted by molar-refractivity contribution is -0.142. The molecule has 0 spiro atoms. The first-order valence-electron chi connectivity index (χ1n) is 5.70. The van der Waals surface area contributed by atoms with E-state index in [1.165, 1.54) is 4.90 Å². The first-order valence-corrected chi connectivity index (χ1v) is 5.70. The predicted octanol–water partition coefficient (Wildman–Crippen LogP) is 1.76. The van der Waals surface area contributed by atoms with Crippen LogP contribution in [0.1, 0.15) is 12.5 Å². The summed E-state index contributed by atoms with van der Waals surface area (Å²) in [4.78, 5) is 24.0. The molecule has 0 fully saturated rings. The van der Waals surface area contributed by atoms with Crippen LogP contribution < -0.4 is 5.32 Å². The monoisotopic (exact) mass is 286 g/mol. The Balaban J connectivity index is 0.00000324. The highest BCUT2D eigenvalue weighted by molar-refractivity contribution is 5.93. The summed E-state index contributed by atoms with van der Waals surface area (Å²) < 4.78 is 0. The maximum atomic E-state index is 11.8. The van der Waals surface area contributed by atoms with E-state index in [1.54, 1.807) is 14.0 Å². The van der Waals surface area contributed by atoms with Crippen LogP contribution in [0.2, 0.25) is 0 Å². The molecule has 1 rings (SSSR count). The highest BCUT2D eigenvalue weighted by Crippen LogP contribution is 2.12. The van der Waals surface area contributed by atoms with E-state index in [-0.39, 0.29) is 24.9 Å². The zero-order valence-corrected chi connectivity index (χ0v) is 12.0. The summed E-state index contributed by atoms with van der Waals surface area (Å²) in [5, 5.41) is 11.6. The Labute approximate surface area is 119 Å². The summed E-state index contributed by atoms with van der Waals surface area (Å²) >= 11 is 0. The zero-order valence-electron chi connectivity index (χ0n) is 11.2. The molecule has 1 aromatic carbocycles. The summed E-state index contributed by atoms with van der Waals surface area (Å²) in [5.41, 5.74) is 1.72. The van der Waals surface area contributed by atoms with Gasteiger partial charge in [0.05, 0.1) is 6.54 Å². The van der Waals surface area contributed by atoms with Gasteiger partial charge in [0.15, 0.2) is 0 Å². The fraction of sp³-hybridized carbons (Fsp3) is 0.385. The molecule has 0 bridgehead atoms. The molecule has 5 nitrogen and oxygen atoms in total. The van der Waals surface area contributed by atoms with Crippen molar-refractivity contribution in [3.05, 3.63) is 29.8 Å². The van der Waals surface area contributed by atoms with E-state index in [1.807, 2.05) is 31.2 Å². The van der Waals surface area contributed by atoms with Crippen LogP contribution in [0.5, 0.6) is 0 Å². The van der Waals surface area contributed by atoms with Gasteiger partial charge in [-0.05, 0) is 32.5 Å². The van der Waals surface area contributed by atoms with Crippen molar-refractivity contribution in [1.82, 2.24) is 4.90 Å². The van der Waals surface area contributed by atoms with E-state index in [2.05, 4.69) is 5.32 Å². The number of carboxylic acids is 1. The van der Waals surface area contributed by atoms with Crippen LogP contribution in [0.25, 0.3) is 0 Å². The molecular weight excluding hydrogens is 268 g/mol. The summed E-state index contributed by atoms with van der Waals surface area (Å²) in [5.74, 6) is -1.17. The summed E-state index contributed by atoms with van der Waals surface area (Å²) in [6.45, 7) is 3.49. The van der Waals surface area contributed by atoms with Crippen LogP contribution >= 0.6 is 12.4 Å². The largest absolute Gasteiger partial charge is 0.480 e. The molecule has 1 amide bonds. The molecule has 106 valence electrons. The van der Waals surface area contributed by atoms with E-state index in [0.717, 1.165) is 11.3 Å². The van der Waals surface area contributed by atoms with Crippen LogP contribution in [-0.4, -0.2) is 41.5 Å². The van der Waals surface area contributed by atoms with Gasteiger partial charge in [-0.1, -0.05) is 18.2 Å². The van der Waals surface area contributed by atoms with Gasteiger partial charge in [-0.15, -0.1) is 12.4 Å². The molecule has 0 aliphatic carbocycles. The van der Waals surface area contributed by atoms with Gasteiger partial charge in [-0.3, -0.25) is 14.5 Å². The normalized spacial score (nSPS) is 11.6. The molecule has 19 heavy (non-hydrogen) atoms. The molecule has 1 atom stereocenters. The Morgan fingerprint density at radius 2 is 1.95 bits per heavy atom. The SMILES string of the molecule is Cc1ccccc1NC(=O)CN(C)C(C)C(=O)O.Cl. The second-order valence-electron chi connectivity index (χ2n) is 4.29. The number of carboxylic acid groups (broad SMARTS) is 1. The van der Waals surface area contributed by atoms with E-state index < -0.39 is 12.0 Å². The van der Waals surface area contributed by atoms with E-state index in [0.29, 0.717) is 0 Å². The molecule has 1 aromatic rings. The number of hydrogen-bond acceptors (Lipinski definition) is 3. The smallest absolute Gasteiger partial charge is 0.320 e. The number of rotatable bonds is 5. The number of nitrogens with one attached hydrogen (secondary N) is 1. The number of aliphatic carboxylic acids is 1. The van der Waals surface area contributed by atoms with Crippen molar-refractivity contribution in [3.8, 4) is 0 Å². The lowest BCUT2D eigenvalue weighted by Crippen LogP contribution is -2.40. The molecule has 0 aromatic heterocycles. The fourth-order valence-corrected chi connectivity index (χ4v) is 1.45. The lowest BCUT2D eigenvalue weighted by atomic mass is 10.2. The Morgan fingerprint density at radius 3 is 2.47 bits per heavy atom. The van der Waals surface area contributed by atoms with Crippen LogP contribution in [0.3, 0.4) is 0 Å². The minimum absolute atomic E-state index is 0. The van der Waals surface area contributed by atoms with Crippen LogP contribution in [0.4, 0.5) is 5.69 Å². The lowest BCUT2D eigenvalue weighted by Gasteiger charge is -2.20. The number of amides is 1. The van der Waals surface area contributed by atoms with Gasteiger partial charge in [0.1, 0.15) is 6.04 Å². The van der Waals surface area contributed by atoms with Crippen molar-refractivity contribution < 1.29 is 14.7 Å². The quantitative estimate of drug-likeness (QED) is 0.865. The van der Waals surface area contributed by atoms with Crippen LogP contribution in [0.15, 0.2) is 24.3 Å². The molecule has 2 N–H and O–H groups in total. The van der Waals surface area contributed by atoms with Crippen molar-refractivity contribution in [2.45, 2.75) is 19.9 Å². The number of likely N-dealkylation sites (N-methyl/N-ethyl adjacent to an activating group) is 1. The third kappa shape index (κ3) is 5.28. The number of benzene rings is 1. The van der Waals surface area contributed by atoms with Crippen LogP contribution in [-0.2, 0) is 9.59 Å².